The van der Waals surface area contributed by atoms with Crippen LogP contribution in [0.5, 0.6) is 0 Å². The number of carbonyl (C=O) groups is 1. The molecule has 0 bridgehead atoms. The molecule has 0 radical (unpaired) electrons. The van der Waals surface area contributed by atoms with Crippen LogP contribution < -0.4 is 10.6 Å². The minimum atomic E-state index is -0.0543. The average molecular weight is 211 g/mol. The molecule has 2 N–H and O–H groups in total. The van der Waals surface area contributed by atoms with Crippen molar-refractivity contribution < 1.29 is 4.79 Å². The van der Waals surface area contributed by atoms with Crippen molar-refractivity contribution in [3.05, 3.63) is 0 Å². The highest BCUT2D eigenvalue weighted by Gasteiger charge is 2.19. The maximum atomic E-state index is 11.3. The maximum Gasteiger partial charge on any atom is 0.233 e. The number of nitriles is 1. The third-order valence-corrected chi connectivity index (χ3v) is 2.43. The summed E-state index contributed by atoms with van der Waals surface area (Å²) >= 11 is 0. The van der Waals surface area contributed by atoms with Gasteiger partial charge in [-0.15, -0.1) is 0 Å². The quantitative estimate of drug-likeness (QED) is 0.668. The molecule has 0 aromatic carbocycles. The molecule has 0 aliphatic heterocycles. The van der Waals surface area contributed by atoms with Crippen molar-refractivity contribution in [2.75, 3.05) is 13.1 Å². The molecule has 4 heteroatoms. The lowest BCUT2D eigenvalue weighted by atomic mass is 9.88. The third kappa shape index (κ3) is 6.92. The van der Waals surface area contributed by atoms with Crippen molar-refractivity contribution >= 4 is 5.91 Å². The Morgan fingerprint density at radius 3 is 2.53 bits per heavy atom. The van der Waals surface area contributed by atoms with Gasteiger partial charge in [-0.3, -0.25) is 4.79 Å². The largest absolute Gasteiger partial charge is 0.354 e. The van der Waals surface area contributed by atoms with Crippen molar-refractivity contribution in [1.82, 2.24) is 10.6 Å². The minimum absolute atomic E-state index is 0.0543. The first-order valence-corrected chi connectivity index (χ1v) is 5.25. The van der Waals surface area contributed by atoms with Gasteiger partial charge < -0.3 is 10.6 Å². The molecule has 0 heterocycles. The first kappa shape index (κ1) is 13.9. The highest BCUT2D eigenvalue weighted by molar-refractivity contribution is 5.77. The highest BCUT2D eigenvalue weighted by atomic mass is 16.1. The third-order valence-electron chi connectivity index (χ3n) is 2.43. The Labute approximate surface area is 92.0 Å². The van der Waals surface area contributed by atoms with E-state index in [0.717, 1.165) is 0 Å². The van der Waals surface area contributed by atoms with E-state index in [2.05, 4.69) is 38.3 Å². The molecule has 0 rings (SSSR count). The van der Waals surface area contributed by atoms with Gasteiger partial charge in [-0.05, 0) is 12.3 Å². The Morgan fingerprint density at radius 2 is 2.07 bits per heavy atom. The molecule has 0 fully saturated rings. The monoisotopic (exact) mass is 211 g/mol. The van der Waals surface area contributed by atoms with Crippen molar-refractivity contribution in [3.8, 4) is 6.07 Å². The van der Waals surface area contributed by atoms with Crippen LogP contribution in [0.1, 0.15) is 34.1 Å². The number of rotatable bonds is 5. The maximum absolute atomic E-state index is 11.3. The summed E-state index contributed by atoms with van der Waals surface area (Å²) in [5.74, 6) is -0.0543. The van der Waals surface area contributed by atoms with Gasteiger partial charge in [-0.25, -0.2) is 0 Å². The summed E-state index contributed by atoms with van der Waals surface area (Å²) in [6, 6.07) is 2.25. The molecule has 0 spiro atoms. The predicted molar refractivity (Wildman–Crippen MR) is 60.2 cm³/mol. The molecule has 1 unspecified atom stereocenters. The zero-order valence-corrected chi connectivity index (χ0v) is 10.1. The van der Waals surface area contributed by atoms with Crippen LogP contribution in [0.4, 0.5) is 0 Å². The zero-order chi connectivity index (χ0) is 11.9. The van der Waals surface area contributed by atoms with Crippen LogP contribution in [-0.4, -0.2) is 25.0 Å². The van der Waals surface area contributed by atoms with Crippen LogP contribution in [0.3, 0.4) is 0 Å². The smallest absolute Gasteiger partial charge is 0.233 e. The van der Waals surface area contributed by atoms with Gasteiger partial charge in [0, 0.05) is 12.6 Å². The van der Waals surface area contributed by atoms with Crippen LogP contribution >= 0.6 is 0 Å². The van der Waals surface area contributed by atoms with E-state index >= 15 is 0 Å². The summed E-state index contributed by atoms with van der Waals surface area (Å²) in [7, 11) is 0. The summed E-state index contributed by atoms with van der Waals surface area (Å²) in [4.78, 5) is 11.3. The summed E-state index contributed by atoms with van der Waals surface area (Å²) in [5, 5.41) is 14.1. The summed E-state index contributed by atoms with van der Waals surface area (Å²) in [5.41, 5.74) is 0.146. The van der Waals surface area contributed by atoms with Crippen LogP contribution in [0.15, 0.2) is 0 Å². The minimum Gasteiger partial charge on any atom is -0.354 e. The Morgan fingerprint density at radius 1 is 1.47 bits per heavy atom. The molecular weight excluding hydrogens is 190 g/mol. The van der Waals surface area contributed by atoms with E-state index in [1.807, 2.05) is 6.07 Å². The highest BCUT2D eigenvalue weighted by Crippen LogP contribution is 2.17. The molecule has 1 amide bonds. The Hall–Kier alpha value is -1.08. The molecule has 0 aromatic rings. The number of carbonyl (C=O) groups excluding carboxylic acids is 1. The number of hydrogen-bond donors (Lipinski definition) is 2. The van der Waals surface area contributed by atoms with Gasteiger partial charge in [0.1, 0.15) is 0 Å². The summed E-state index contributed by atoms with van der Waals surface area (Å²) < 4.78 is 0. The second-order valence-electron chi connectivity index (χ2n) is 4.73. The number of hydrogen-bond acceptors (Lipinski definition) is 3. The van der Waals surface area contributed by atoms with Gasteiger partial charge in [0.15, 0.2) is 0 Å². The lowest BCUT2D eigenvalue weighted by molar-refractivity contribution is -0.120. The van der Waals surface area contributed by atoms with E-state index < -0.39 is 0 Å². The van der Waals surface area contributed by atoms with E-state index in [4.69, 9.17) is 5.26 Å². The van der Waals surface area contributed by atoms with E-state index in [0.29, 0.717) is 19.5 Å². The lowest BCUT2D eigenvalue weighted by Gasteiger charge is -2.27. The lowest BCUT2D eigenvalue weighted by Crippen LogP contribution is -2.43. The molecule has 0 saturated heterocycles. The first-order valence-electron chi connectivity index (χ1n) is 5.25. The number of nitrogens with zero attached hydrogens (tertiary/aromatic N) is 1. The standard InChI is InChI=1S/C11H21N3O/c1-9(11(2,3)4)14-8-10(15)13-7-5-6-12/h9,14H,5,7-8H2,1-4H3,(H,13,15). The molecule has 0 aliphatic carbocycles. The molecule has 0 saturated carbocycles. The molecule has 4 nitrogen and oxygen atoms in total. The second kappa shape index (κ2) is 6.41. The van der Waals surface area contributed by atoms with Crippen LogP contribution in [-0.2, 0) is 4.79 Å². The van der Waals surface area contributed by atoms with Gasteiger partial charge in [0.05, 0.1) is 19.0 Å². The van der Waals surface area contributed by atoms with Gasteiger partial charge in [0.25, 0.3) is 0 Å². The molecule has 86 valence electrons. The van der Waals surface area contributed by atoms with Gasteiger partial charge in [0.2, 0.25) is 5.91 Å². The topological polar surface area (TPSA) is 64.9 Å². The fraction of sp³-hybridized carbons (Fsp3) is 0.818. The predicted octanol–water partition coefficient (Wildman–Crippen LogP) is 1.04. The molecule has 15 heavy (non-hydrogen) atoms. The fourth-order valence-electron chi connectivity index (χ4n) is 0.872. The van der Waals surface area contributed by atoms with Gasteiger partial charge in [-0.2, -0.15) is 5.26 Å². The molecular formula is C11H21N3O. The van der Waals surface area contributed by atoms with E-state index in [1.165, 1.54) is 0 Å². The summed E-state index contributed by atoms with van der Waals surface area (Å²) in [6.45, 7) is 9.17. The van der Waals surface area contributed by atoms with Gasteiger partial charge >= 0.3 is 0 Å². The van der Waals surface area contributed by atoms with Crippen LogP contribution in [0.25, 0.3) is 0 Å². The first-order chi connectivity index (χ1) is 6.88. The van der Waals surface area contributed by atoms with Crippen molar-refractivity contribution in [2.24, 2.45) is 5.41 Å². The molecule has 0 aromatic heterocycles. The van der Waals surface area contributed by atoms with E-state index in [-0.39, 0.29) is 17.4 Å². The number of nitrogens with one attached hydrogen (secondary N) is 2. The Kier molecular flexibility index (Phi) is 5.95. The summed E-state index contributed by atoms with van der Waals surface area (Å²) in [6.07, 6.45) is 0.362. The Bertz CT molecular complexity index is 237. The van der Waals surface area contributed by atoms with E-state index in [1.54, 1.807) is 0 Å². The normalized spacial score (nSPS) is 13.0. The van der Waals surface area contributed by atoms with Gasteiger partial charge in [-0.1, -0.05) is 20.8 Å². The van der Waals surface area contributed by atoms with E-state index in [9.17, 15) is 4.79 Å². The van der Waals surface area contributed by atoms with Crippen molar-refractivity contribution in [1.29, 1.82) is 5.26 Å². The second-order valence-corrected chi connectivity index (χ2v) is 4.73. The molecule has 1 atom stereocenters. The van der Waals surface area contributed by atoms with Crippen LogP contribution in [0.2, 0.25) is 0 Å². The molecule has 0 aliphatic rings. The Balaban J connectivity index is 3.68. The number of amides is 1. The van der Waals surface area contributed by atoms with Crippen molar-refractivity contribution in [3.63, 3.8) is 0 Å². The zero-order valence-electron chi connectivity index (χ0n) is 10.1. The average Bonchev–Trinajstić information content (AvgIpc) is 2.13. The van der Waals surface area contributed by atoms with Crippen LogP contribution in [0, 0.1) is 16.7 Å². The SMILES string of the molecule is CC(NCC(=O)NCCC#N)C(C)(C)C. The van der Waals surface area contributed by atoms with Crippen molar-refractivity contribution in [2.45, 2.75) is 40.2 Å². The fourth-order valence-corrected chi connectivity index (χ4v) is 0.872.